The quantitative estimate of drug-likeness (QED) is 0.385. The van der Waals surface area contributed by atoms with Crippen molar-refractivity contribution in [2.45, 2.75) is 51.5 Å². The lowest BCUT2D eigenvalue weighted by molar-refractivity contribution is -0.139. The summed E-state index contributed by atoms with van der Waals surface area (Å²) in [4.78, 5) is 70.1. The summed E-state index contributed by atoms with van der Waals surface area (Å²) in [5.74, 6) is -0.801. The molecule has 0 bridgehead atoms. The Morgan fingerprint density at radius 3 is 2.45 bits per heavy atom. The molecule has 4 fully saturated rings. The van der Waals surface area contributed by atoms with E-state index < -0.39 is 23.8 Å². The number of amides is 5. The Hall–Kier alpha value is -4.05. The lowest BCUT2D eigenvalue weighted by atomic mass is 9.86. The van der Waals surface area contributed by atoms with Crippen LogP contribution < -0.4 is 10.2 Å². The lowest BCUT2D eigenvalue weighted by Gasteiger charge is -2.36. The summed E-state index contributed by atoms with van der Waals surface area (Å²) < 4.78 is 0. The minimum Gasteiger partial charge on any atom is -0.371 e. The second-order valence-corrected chi connectivity index (χ2v) is 13.0. The maximum Gasteiger partial charge on any atom is 0.261 e. The summed E-state index contributed by atoms with van der Waals surface area (Å²) >= 11 is 0. The molecular formula is C34H41N5O5. The predicted molar refractivity (Wildman–Crippen MR) is 165 cm³/mol. The Morgan fingerprint density at radius 1 is 0.977 bits per heavy atom. The van der Waals surface area contributed by atoms with Crippen molar-refractivity contribution in [3.05, 3.63) is 65.2 Å². The van der Waals surface area contributed by atoms with E-state index in [1.54, 1.807) is 0 Å². The van der Waals surface area contributed by atoms with Crippen LogP contribution in [-0.4, -0.2) is 96.6 Å². The van der Waals surface area contributed by atoms with Crippen LogP contribution >= 0.6 is 0 Å². The Kier molecular flexibility index (Phi) is 8.53. The number of nitrogens with zero attached hydrogens (tertiary/aromatic N) is 4. The molecule has 232 valence electrons. The van der Waals surface area contributed by atoms with Gasteiger partial charge in [-0.05, 0) is 81.3 Å². The summed E-state index contributed by atoms with van der Waals surface area (Å²) in [6.07, 6.45) is 4.93. The molecule has 1 spiro atoms. The van der Waals surface area contributed by atoms with Crippen molar-refractivity contribution in [2.75, 3.05) is 50.7 Å². The van der Waals surface area contributed by atoms with Gasteiger partial charge in [0, 0.05) is 67.9 Å². The molecule has 4 heterocycles. The van der Waals surface area contributed by atoms with E-state index in [1.807, 2.05) is 60.4 Å². The van der Waals surface area contributed by atoms with Crippen molar-refractivity contribution in [2.24, 2.45) is 11.3 Å². The summed E-state index contributed by atoms with van der Waals surface area (Å²) in [6, 6.07) is 14.3. The van der Waals surface area contributed by atoms with E-state index in [0.29, 0.717) is 17.9 Å². The number of benzene rings is 2. The van der Waals surface area contributed by atoms with Crippen LogP contribution in [0.3, 0.4) is 0 Å². The fraction of sp³-hybridized carbons (Fsp3) is 0.500. The van der Waals surface area contributed by atoms with Gasteiger partial charge in [0.15, 0.2) is 0 Å². The van der Waals surface area contributed by atoms with Gasteiger partial charge in [0.25, 0.3) is 11.8 Å². The van der Waals surface area contributed by atoms with Crippen molar-refractivity contribution in [3.8, 4) is 0 Å². The van der Waals surface area contributed by atoms with Crippen LogP contribution in [0, 0.1) is 18.3 Å². The Morgan fingerprint density at radius 2 is 1.73 bits per heavy atom. The molecule has 0 saturated carbocycles. The van der Waals surface area contributed by atoms with E-state index in [0.717, 1.165) is 93.2 Å². The van der Waals surface area contributed by atoms with Crippen molar-refractivity contribution >= 4 is 35.7 Å². The van der Waals surface area contributed by atoms with Crippen molar-refractivity contribution < 1.29 is 24.0 Å². The monoisotopic (exact) mass is 599 g/mol. The van der Waals surface area contributed by atoms with Gasteiger partial charge >= 0.3 is 0 Å². The van der Waals surface area contributed by atoms with Gasteiger partial charge in [-0.3, -0.25) is 34.2 Å². The molecule has 0 radical (unpaired) electrons. The standard InChI is InChI=1S/C34H41N5O5/c1-24-7-8-27(19-28(24)33(44)39(23-40)29-9-10-30(41)35-31(29)42)37-15-11-25(12-16-37)20-36-17-13-34(21-36)14-18-38(22-34)32(43)26-5-3-2-4-6-26/h2-8,19,23,25,29H,9-18,20-22H2,1H3,(H,35,41,42). The topological polar surface area (TPSA) is 110 Å². The number of imide groups is 2. The molecule has 0 aliphatic carbocycles. The first-order valence-electron chi connectivity index (χ1n) is 15.8. The third-order valence-electron chi connectivity index (χ3n) is 10.1. The molecule has 10 heteroatoms. The molecule has 10 nitrogen and oxygen atoms in total. The Bertz CT molecular complexity index is 1440. The smallest absolute Gasteiger partial charge is 0.261 e. The molecule has 2 unspecified atom stereocenters. The number of nitrogens with one attached hydrogen (secondary N) is 1. The molecule has 2 aromatic rings. The van der Waals surface area contributed by atoms with E-state index in [-0.39, 0.29) is 24.2 Å². The van der Waals surface area contributed by atoms with E-state index in [9.17, 15) is 24.0 Å². The third-order valence-corrected chi connectivity index (χ3v) is 10.1. The minimum atomic E-state index is -0.988. The van der Waals surface area contributed by atoms with Crippen molar-refractivity contribution in [1.82, 2.24) is 20.0 Å². The van der Waals surface area contributed by atoms with Crippen LogP contribution in [0.25, 0.3) is 0 Å². The van der Waals surface area contributed by atoms with Gasteiger partial charge in [0.1, 0.15) is 6.04 Å². The van der Waals surface area contributed by atoms with Gasteiger partial charge in [-0.2, -0.15) is 0 Å². The molecule has 1 N–H and O–H groups in total. The highest BCUT2D eigenvalue weighted by Crippen LogP contribution is 2.40. The highest BCUT2D eigenvalue weighted by molar-refractivity contribution is 6.08. The number of hydrogen-bond donors (Lipinski definition) is 1. The van der Waals surface area contributed by atoms with Gasteiger partial charge in [-0.1, -0.05) is 24.3 Å². The largest absolute Gasteiger partial charge is 0.371 e. The van der Waals surface area contributed by atoms with Gasteiger partial charge < -0.3 is 14.7 Å². The van der Waals surface area contributed by atoms with E-state index in [1.165, 1.54) is 0 Å². The zero-order chi connectivity index (χ0) is 30.8. The third kappa shape index (κ3) is 6.13. The number of piperidine rings is 2. The number of carbonyl (C=O) groups is 5. The summed E-state index contributed by atoms with van der Waals surface area (Å²) in [6.45, 7) is 8.45. The molecule has 2 atom stereocenters. The molecule has 5 amide bonds. The van der Waals surface area contributed by atoms with Crippen LogP contribution in [0.2, 0.25) is 0 Å². The highest BCUT2D eigenvalue weighted by atomic mass is 16.2. The molecule has 4 aliphatic rings. The lowest BCUT2D eigenvalue weighted by Crippen LogP contribution is -2.54. The zero-order valence-corrected chi connectivity index (χ0v) is 25.4. The summed E-state index contributed by atoms with van der Waals surface area (Å²) in [5, 5.41) is 2.23. The molecule has 4 aliphatic heterocycles. The van der Waals surface area contributed by atoms with E-state index in [4.69, 9.17) is 0 Å². The number of rotatable bonds is 7. The second kappa shape index (κ2) is 12.5. The first-order valence-corrected chi connectivity index (χ1v) is 15.8. The maximum absolute atomic E-state index is 13.4. The SMILES string of the molecule is Cc1ccc(N2CCC(CN3CCC4(CCN(C(=O)c5ccccc5)C4)C3)CC2)cc1C(=O)N(C=O)C1CCC(=O)NC1=O. The number of aryl methyl sites for hydroxylation is 1. The van der Waals surface area contributed by atoms with Gasteiger partial charge in [0.2, 0.25) is 18.2 Å². The summed E-state index contributed by atoms with van der Waals surface area (Å²) in [5.41, 5.74) is 3.03. The molecule has 6 rings (SSSR count). The summed E-state index contributed by atoms with van der Waals surface area (Å²) in [7, 11) is 0. The number of carbonyl (C=O) groups excluding carboxylic acids is 5. The minimum absolute atomic E-state index is 0.0901. The number of hydrogen-bond acceptors (Lipinski definition) is 7. The number of likely N-dealkylation sites (tertiary alicyclic amines) is 2. The second-order valence-electron chi connectivity index (χ2n) is 13.0. The molecule has 0 aromatic heterocycles. The van der Waals surface area contributed by atoms with Crippen LogP contribution in [-0.2, 0) is 14.4 Å². The van der Waals surface area contributed by atoms with E-state index >= 15 is 0 Å². The average molecular weight is 600 g/mol. The maximum atomic E-state index is 13.4. The molecule has 2 aromatic carbocycles. The van der Waals surface area contributed by atoms with E-state index in [2.05, 4.69) is 15.1 Å². The fourth-order valence-electron chi connectivity index (χ4n) is 7.51. The Balaban J connectivity index is 1.02. The first-order chi connectivity index (χ1) is 21.2. The average Bonchev–Trinajstić information content (AvgIpc) is 3.64. The number of anilines is 1. The van der Waals surface area contributed by atoms with Crippen LogP contribution in [0.4, 0.5) is 5.69 Å². The Labute approximate surface area is 258 Å². The van der Waals surface area contributed by atoms with Crippen molar-refractivity contribution in [1.29, 1.82) is 0 Å². The fourth-order valence-corrected chi connectivity index (χ4v) is 7.51. The van der Waals surface area contributed by atoms with Crippen molar-refractivity contribution in [3.63, 3.8) is 0 Å². The highest BCUT2D eigenvalue weighted by Gasteiger charge is 2.45. The van der Waals surface area contributed by atoms with Crippen LogP contribution in [0.1, 0.15) is 64.8 Å². The molecule has 4 saturated heterocycles. The van der Waals surface area contributed by atoms with Crippen LogP contribution in [0.5, 0.6) is 0 Å². The van der Waals surface area contributed by atoms with Gasteiger partial charge in [-0.15, -0.1) is 0 Å². The first kappa shape index (κ1) is 30.0. The van der Waals surface area contributed by atoms with Gasteiger partial charge in [-0.25, -0.2) is 0 Å². The zero-order valence-electron chi connectivity index (χ0n) is 25.4. The van der Waals surface area contributed by atoms with Gasteiger partial charge in [0.05, 0.1) is 0 Å². The normalized spacial score (nSPS) is 24.5. The van der Waals surface area contributed by atoms with Crippen LogP contribution in [0.15, 0.2) is 48.5 Å². The molecular weight excluding hydrogens is 558 g/mol. The predicted octanol–water partition coefficient (Wildman–Crippen LogP) is 2.85. The molecule has 44 heavy (non-hydrogen) atoms.